The van der Waals surface area contributed by atoms with Crippen molar-refractivity contribution in [1.82, 2.24) is 0 Å². The molecule has 0 aliphatic heterocycles. The van der Waals surface area contributed by atoms with Gasteiger partial charge in [-0.15, -0.1) is 0 Å². The van der Waals surface area contributed by atoms with Crippen molar-refractivity contribution < 1.29 is 4.39 Å². The van der Waals surface area contributed by atoms with Gasteiger partial charge in [-0.05, 0) is 36.0 Å². The third kappa shape index (κ3) is 2.57. The highest BCUT2D eigenvalue weighted by molar-refractivity contribution is 9.09. The lowest BCUT2D eigenvalue weighted by molar-refractivity contribution is 0.509. The lowest BCUT2D eigenvalue weighted by Gasteiger charge is -2.24. The number of hydrogen-bond acceptors (Lipinski definition) is 0. The van der Waals surface area contributed by atoms with Gasteiger partial charge >= 0.3 is 0 Å². The van der Waals surface area contributed by atoms with Crippen molar-refractivity contribution in [1.29, 1.82) is 0 Å². The maximum absolute atomic E-state index is 13.1. The van der Waals surface area contributed by atoms with Crippen molar-refractivity contribution in [3.63, 3.8) is 0 Å². The smallest absolute Gasteiger partial charge is 0.126 e. The van der Waals surface area contributed by atoms with E-state index in [4.69, 9.17) is 0 Å². The molecule has 0 aliphatic carbocycles. The molecule has 2 heteroatoms. The third-order valence-electron chi connectivity index (χ3n) is 2.66. The van der Waals surface area contributed by atoms with Crippen LogP contribution in [0.1, 0.15) is 31.4 Å². The Bertz CT molecular complexity index is 318. The first-order valence-corrected chi connectivity index (χ1v) is 5.92. The molecule has 0 fully saturated rings. The fourth-order valence-corrected chi connectivity index (χ4v) is 2.44. The van der Waals surface area contributed by atoms with Crippen molar-refractivity contribution in [3.8, 4) is 0 Å². The molecule has 14 heavy (non-hydrogen) atoms. The molecule has 0 amide bonds. The molecular formula is C12H16BrF. The summed E-state index contributed by atoms with van der Waals surface area (Å²) in [5.41, 5.74) is 2.04. The van der Waals surface area contributed by atoms with E-state index in [1.165, 1.54) is 5.56 Å². The maximum Gasteiger partial charge on any atom is 0.126 e. The molecule has 0 unspecified atom stereocenters. The summed E-state index contributed by atoms with van der Waals surface area (Å²) in [7, 11) is 0. The van der Waals surface area contributed by atoms with Crippen molar-refractivity contribution >= 4 is 15.9 Å². The second kappa shape index (κ2) is 4.43. The van der Waals surface area contributed by atoms with Gasteiger partial charge in [0.25, 0.3) is 0 Å². The van der Waals surface area contributed by atoms with Crippen LogP contribution in [-0.4, -0.2) is 5.33 Å². The predicted octanol–water partition coefficient (Wildman–Crippen LogP) is 4.20. The van der Waals surface area contributed by atoms with Gasteiger partial charge in [-0.3, -0.25) is 0 Å². The molecule has 0 saturated heterocycles. The molecule has 0 nitrogen and oxygen atoms in total. The van der Waals surface area contributed by atoms with Crippen LogP contribution in [0.15, 0.2) is 18.2 Å². The second-order valence-corrected chi connectivity index (χ2v) is 5.08. The minimum Gasteiger partial charge on any atom is -0.207 e. The van der Waals surface area contributed by atoms with Crippen molar-refractivity contribution in [2.75, 3.05) is 5.33 Å². The number of halogens is 2. The van der Waals surface area contributed by atoms with Gasteiger partial charge in [-0.2, -0.15) is 0 Å². The van der Waals surface area contributed by atoms with E-state index in [0.29, 0.717) is 0 Å². The van der Waals surface area contributed by atoms with Crippen LogP contribution in [-0.2, 0) is 5.41 Å². The Morgan fingerprint density at radius 3 is 2.50 bits per heavy atom. The van der Waals surface area contributed by atoms with Crippen LogP contribution in [0.5, 0.6) is 0 Å². The Kier molecular flexibility index (Phi) is 3.71. The molecule has 0 saturated carbocycles. The Morgan fingerprint density at radius 1 is 1.36 bits per heavy atom. The topological polar surface area (TPSA) is 0 Å². The van der Waals surface area contributed by atoms with Gasteiger partial charge in [-0.1, -0.05) is 41.9 Å². The van der Waals surface area contributed by atoms with Crippen molar-refractivity contribution in [2.45, 2.75) is 32.6 Å². The van der Waals surface area contributed by atoms with Crippen LogP contribution in [0.3, 0.4) is 0 Å². The average Bonchev–Trinajstić information content (AvgIpc) is 2.09. The lowest BCUT2D eigenvalue weighted by Crippen LogP contribution is -2.17. The van der Waals surface area contributed by atoms with Crippen molar-refractivity contribution in [2.24, 2.45) is 0 Å². The summed E-state index contributed by atoms with van der Waals surface area (Å²) in [5.74, 6) is -0.122. The zero-order valence-electron chi connectivity index (χ0n) is 8.90. The first kappa shape index (κ1) is 11.7. The molecular weight excluding hydrogens is 243 g/mol. The highest BCUT2D eigenvalue weighted by atomic mass is 79.9. The van der Waals surface area contributed by atoms with Gasteiger partial charge in [0.05, 0.1) is 0 Å². The first-order valence-electron chi connectivity index (χ1n) is 4.80. The molecule has 0 radical (unpaired) electrons. The maximum atomic E-state index is 13.1. The van der Waals surface area contributed by atoms with E-state index in [0.717, 1.165) is 17.3 Å². The third-order valence-corrected chi connectivity index (χ3v) is 3.06. The van der Waals surface area contributed by atoms with Crippen molar-refractivity contribution in [3.05, 3.63) is 35.1 Å². The van der Waals surface area contributed by atoms with Gasteiger partial charge in [0.2, 0.25) is 0 Å². The summed E-state index contributed by atoms with van der Waals surface area (Å²) >= 11 is 3.44. The fraction of sp³-hybridized carbons (Fsp3) is 0.500. The van der Waals surface area contributed by atoms with E-state index in [9.17, 15) is 4.39 Å². The first-order chi connectivity index (χ1) is 6.47. The monoisotopic (exact) mass is 258 g/mol. The molecule has 1 aromatic carbocycles. The second-order valence-electron chi connectivity index (χ2n) is 4.29. The molecule has 0 aromatic heterocycles. The molecule has 0 spiro atoms. The number of hydrogen-bond donors (Lipinski definition) is 0. The van der Waals surface area contributed by atoms with E-state index in [1.54, 1.807) is 6.07 Å². The molecule has 0 heterocycles. The SMILES string of the molecule is Cc1cc(C(C)(C)CCBr)ccc1F. The van der Waals surface area contributed by atoms with Crippen LogP contribution >= 0.6 is 15.9 Å². The van der Waals surface area contributed by atoms with E-state index in [1.807, 2.05) is 19.1 Å². The van der Waals surface area contributed by atoms with Gasteiger partial charge < -0.3 is 0 Å². The van der Waals surface area contributed by atoms with E-state index in [-0.39, 0.29) is 11.2 Å². The van der Waals surface area contributed by atoms with E-state index >= 15 is 0 Å². The zero-order chi connectivity index (χ0) is 10.8. The molecule has 0 atom stereocenters. The van der Waals surface area contributed by atoms with E-state index < -0.39 is 0 Å². The van der Waals surface area contributed by atoms with Gasteiger partial charge in [0, 0.05) is 5.33 Å². The van der Waals surface area contributed by atoms with Gasteiger partial charge in [0.1, 0.15) is 5.82 Å². The largest absolute Gasteiger partial charge is 0.207 e. The summed E-state index contributed by atoms with van der Waals surface area (Å²) in [4.78, 5) is 0. The van der Waals surface area contributed by atoms with Crippen LogP contribution in [0.25, 0.3) is 0 Å². The molecule has 0 N–H and O–H groups in total. The Balaban J connectivity index is 3.01. The quantitative estimate of drug-likeness (QED) is 0.714. The molecule has 0 aliphatic rings. The fourth-order valence-electron chi connectivity index (χ4n) is 1.45. The molecule has 1 rings (SSSR count). The summed E-state index contributed by atoms with van der Waals surface area (Å²) < 4.78 is 13.1. The van der Waals surface area contributed by atoms with Crippen LogP contribution in [0.4, 0.5) is 4.39 Å². The van der Waals surface area contributed by atoms with Gasteiger partial charge in [-0.25, -0.2) is 4.39 Å². The summed E-state index contributed by atoms with van der Waals surface area (Å²) in [6.45, 7) is 6.17. The Hall–Kier alpha value is -0.370. The van der Waals surface area contributed by atoms with E-state index in [2.05, 4.69) is 29.8 Å². The zero-order valence-corrected chi connectivity index (χ0v) is 10.5. The highest BCUT2D eigenvalue weighted by Crippen LogP contribution is 2.28. The molecule has 78 valence electrons. The van der Waals surface area contributed by atoms with Crippen LogP contribution in [0, 0.1) is 12.7 Å². The highest BCUT2D eigenvalue weighted by Gasteiger charge is 2.20. The minimum absolute atomic E-state index is 0.113. The summed E-state index contributed by atoms with van der Waals surface area (Å²) in [5, 5.41) is 0.969. The normalized spacial score (nSPS) is 11.8. The lowest BCUT2D eigenvalue weighted by atomic mass is 9.82. The number of alkyl halides is 1. The standard InChI is InChI=1S/C12H16BrF/c1-9-8-10(4-5-11(9)14)12(2,3)6-7-13/h4-5,8H,6-7H2,1-3H3. The Labute approximate surface area is 93.7 Å². The van der Waals surface area contributed by atoms with Gasteiger partial charge in [0.15, 0.2) is 0 Å². The molecule has 1 aromatic rings. The summed E-state index contributed by atoms with van der Waals surface area (Å²) in [6, 6.07) is 5.38. The number of benzene rings is 1. The predicted molar refractivity (Wildman–Crippen MR) is 62.6 cm³/mol. The summed E-state index contributed by atoms with van der Waals surface area (Å²) in [6.07, 6.45) is 1.05. The van der Waals surface area contributed by atoms with Crippen LogP contribution in [0.2, 0.25) is 0 Å². The van der Waals surface area contributed by atoms with Crippen LogP contribution < -0.4 is 0 Å². The minimum atomic E-state index is -0.122. The number of aryl methyl sites for hydroxylation is 1. The number of rotatable bonds is 3. The molecule has 0 bridgehead atoms. The average molecular weight is 259 g/mol. The Morgan fingerprint density at radius 2 is 2.00 bits per heavy atom.